The number of nitrogens with one attached hydrogen (secondary N) is 3. The minimum Gasteiger partial charge on any atom is -0.339 e. The van der Waals surface area contributed by atoms with Gasteiger partial charge in [0.05, 0.1) is 18.8 Å². The number of hydrogen-bond acceptors (Lipinski definition) is 4. The number of alkyl halides is 3. The highest BCUT2D eigenvalue weighted by atomic mass is 79.9. The number of halogens is 5. The van der Waals surface area contributed by atoms with E-state index < -0.39 is 18.1 Å². The molecule has 0 bridgehead atoms. The fraction of sp³-hybridized carbons (Fsp3) is 0.389. The van der Waals surface area contributed by atoms with Gasteiger partial charge in [-0.25, -0.2) is 4.98 Å². The number of imidazole rings is 1. The number of rotatable bonds is 3. The highest BCUT2D eigenvalue weighted by Gasteiger charge is 2.42. The quantitative estimate of drug-likeness (QED) is 0.403. The molecular weight excluding hydrogens is 551 g/mol. The summed E-state index contributed by atoms with van der Waals surface area (Å²) in [6.07, 6.45) is -2.71. The predicted octanol–water partition coefficient (Wildman–Crippen LogP) is 4.59. The van der Waals surface area contributed by atoms with E-state index in [1.165, 1.54) is 6.33 Å². The van der Waals surface area contributed by atoms with Crippen molar-refractivity contribution in [1.82, 2.24) is 24.8 Å². The smallest absolute Gasteiger partial charge is 0.339 e. The summed E-state index contributed by atoms with van der Waals surface area (Å²) in [5.41, 5.74) is 1.99. The van der Waals surface area contributed by atoms with Crippen LogP contribution in [0.5, 0.6) is 0 Å². The monoisotopic (exact) mass is 569 g/mol. The molecule has 0 unspecified atom stereocenters. The van der Waals surface area contributed by atoms with E-state index in [2.05, 4.69) is 20.3 Å². The van der Waals surface area contributed by atoms with Gasteiger partial charge in [-0.15, -0.1) is 34.0 Å². The Labute approximate surface area is 195 Å². The van der Waals surface area contributed by atoms with Gasteiger partial charge in [0.1, 0.15) is 5.52 Å². The van der Waals surface area contributed by atoms with Crippen LogP contribution in [-0.4, -0.2) is 32.2 Å². The number of fused-ring (bicyclic) bond motifs is 1. The first-order chi connectivity index (χ1) is 13.3. The van der Waals surface area contributed by atoms with Crippen LogP contribution in [0.1, 0.15) is 30.0 Å². The van der Waals surface area contributed by atoms with E-state index >= 15 is 0 Å². The molecule has 3 aromatic rings. The summed E-state index contributed by atoms with van der Waals surface area (Å²) in [6, 6.07) is 6.94. The fourth-order valence-electron chi connectivity index (χ4n) is 3.77. The van der Waals surface area contributed by atoms with Crippen LogP contribution < -0.4 is 10.9 Å². The summed E-state index contributed by atoms with van der Waals surface area (Å²) in [5, 5.41) is 3.20. The Morgan fingerprint density at radius 3 is 2.70 bits per heavy atom. The number of hydrogen-bond donors (Lipinski definition) is 3. The van der Waals surface area contributed by atoms with Crippen LogP contribution in [0.3, 0.4) is 0 Å². The number of aromatic amines is 2. The minimum atomic E-state index is -4.20. The molecule has 0 saturated carbocycles. The van der Waals surface area contributed by atoms with E-state index in [-0.39, 0.29) is 57.1 Å². The number of aromatic nitrogens is 4. The second kappa shape index (κ2) is 9.75. The first-order valence-electron chi connectivity index (χ1n) is 8.88. The van der Waals surface area contributed by atoms with Crippen molar-refractivity contribution in [3.8, 4) is 0 Å². The highest BCUT2D eigenvalue weighted by molar-refractivity contribution is 8.93. The van der Waals surface area contributed by atoms with Crippen molar-refractivity contribution >= 4 is 57.3 Å². The summed E-state index contributed by atoms with van der Waals surface area (Å²) in [6.45, 7) is 0.604. The van der Waals surface area contributed by atoms with Gasteiger partial charge < -0.3 is 10.3 Å². The van der Waals surface area contributed by atoms with Crippen molar-refractivity contribution in [3.05, 3.63) is 56.8 Å². The third-order valence-electron chi connectivity index (χ3n) is 5.19. The molecule has 1 fully saturated rings. The Bertz CT molecular complexity index is 1130. The molecule has 0 radical (unpaired) electrons. The maximum absolute atomic E-state index is 13.2. The topological polar surface area (TPSA) is 78.5 Å². The normalized spacial score (nSPS) is 19.2. The Balaban J connectivity index is 0.00000160. The van der Waals surface area contributed by atoms with Crippen molar-refractivity contribution in [2.75, 3.05) is 6.54 Å². The minimum absolute atomic E-state index is 0. The number of benzene rings is 1. The van der Waals surface area contributed by atoms with Crippen LogP contribution in [0.15, 0.2) is 35.4 Å². The van der Waals surface area contributed by atoms with Gasteiger partial charge in [0.25, 0.3) is 5.56 Å². The van der Waals surface area contributed by atoms with Crippen molar-refractivity contribution in [2.24, 2.45) is 5.92 Å². The molecule has 12 heteroatoms. The molecule has 3 N–H and O–H groups in total. The highest BCUT2D eigenvalue weighted by Crippen LogP contribution is 2.39. The zero-order valence-corrected chi connectivity index (χ0v) is 19.8. The lowest BCUT2D eigenvalue weighted by Crippen LogP contribution is -2.38. The Morgan fingerprint density at radius 2 is 1.97 bits per heavy atom. The average molecular weight is 571 g/mol. The van der Waals surface area contributed by atoms with Crippen LogP contribution in [0.2, 0.25) is 0 Å². The predicted molar refractivity (Wildman–Crippen MR) is 121 cm³/mol. The lowest BCUT2D eigenvalue weighted by atomic mass is 9.86. The molecule has 0 spiro atoms. The van der Waals surface area contributed by atoms with E-state index in [1.807, 2.05) is 24.3 Å². The van der Waals surface area contributed by atoms with Gasteiger partial charge in [-0.2, -0.15) is 13.2 Å². The van der Waals surface area contributed by atoms with Gasteiger partial charge in [-0.1, -0.05) is 24.3 Å². The van der Waals surface area contributed by atoms with Crippen LogP contribution in [-0.2, 0) is 6.54 Å². The summed E-state index contributed by atoms with van der Waals surface area (Å²) < 4.78 is 41.5. The van der Waals surface area contributed by atoms with E-state index in [4.69, 9.17) is 12.2 Å². The maximum Gasteiger partial charge on any atom is 0.391 e. The van der Waals surface area contributed by atoms with Crippen LogP contribution in [0, 0.1) is 10.7 Å². The molecule has 0 aliphatic carbocycles. The lowest BCUT2D eigenvalue weighted by Gasteiger charge is -2.33. The van der Waals surface area contributed by atoms with Crippen molar-refractivity contribution < 1.29 is 13.2 Å². The van der Waals surface area contributed by atoms with Gasteiger partial charge in [0.15, 0.2) is 10.4 Å². The van der Waals surface area contributed by atoms with E-state index in [1.54, 1.807) is 4.57 Å². The van der Waals surface area contributed by atoms with Gasteiger partial charge in [0, 0.05) is 6.04 Å². The number of H-pyrrole nitrogens is 2. The molecular formula is C18H20Br2F3N5OS. The molecule has 6 nitrogen and oxygen atoms in total. The van der Waals surface area contributed by atoms with Crippen LogP contribution in [0.25, 0.3) is 11.2 Å². The Kier molecular flexibility index (Phi) is 8.05. The van der Waals surface area contributed by atoms with Gasteiger partial charge in [0.2, 0.25) is 0 Å². The molecule has 3 heterocycles. The average Bonchev–Trinajstić information content (AvgIpc) is 3.15. The van der Waals surface area contributed by atoms with E-state index in [0.29, 0.717) is 24.3 Å². The zero-order chi connectivity index (χ0) is 19.9. The van der Waals surface area contributed by atoms with E-state index in [0.717, 1.165) is 11.1 Å². The summed E-state index contributed by atoms with van der Waals surface area (Å²) >= 11 is 5.29. The Morgan fingerprint density at radius 1 is 1.23 bits per heavy atom. The van der Waals surface area contributed by atoms with Crippen molar-refractivity contribution in [1.29, 1.82) is 0 Å². The molecule has 4 rings (SSSR count). The molecule has 2 atom stereocenters. The molecule has 164 valence electrons. The first-order valence-corrected chi connectivity index (χ1v) is 9.29. The summed E-state index contributed by atoms with van der Waals surface area (Å²) in [5.74, 6) is -1.32. The van der Waals surface area contributed by atoms with Gasteiger partial charge in [-0.3, -0.25) is 14.3 Å². The van der Waals surface area contributed by atoms with Crippen molar-refractivity contribution in [2.45, 2.75) is 31.6 Å². The molecule has 30 heavy (non-hydrogen) atoms. The second-order valence-corrected chi connectivity index (χ2v) is 7.30. The number of nitrogens with zero attached hydrogens (tertiary/aromatic N) is 2. The third kappa shape index (κ3) is 4.87. The zero-order valence-electron chi connectivity index (χ0n) is 15.5. The van der Waals surface area contributed by atoms with Crippen molar-refractivity contribution in [3.63, 3.8) is 0 Å². The molecule has 0 amide bonds. The van der Waals surface area contributed by atoms with Crippen LogP contribution in [0.4, 0.5) is 13.2 Å². The SMILES string of the molecule is Br.Br.O=c1[nH]c(=S)n(Cc2ccccc2[C@H]2C[C@H](C(F)(F)F)CCN2)c2nc[nH]c12. The molecule has 1 aliphatic rings. The molecule has 2 aromatic heterocycles. The Hall–Kier alpha value is -1.50. The molecule has 1 saturated heterocycles. The summed E-state index contributed by atoms with van der Waals surface area (Å²) in [4.78, 5) is 21.5. The van der Waals surface area contributed by atoms with Gasteiger partial charge >= 0.3 is 6.18 Å². The maximum atomic E-state index is 13.2. The first kappa shape index (κ1) is 24.8. The third-order valence-corrected chi connectivity index (χ3v) is 5.52. The largest absolute Gasteiger partial charge is 0.391 e. The molecule has 1 aromatic carbocycles. The van der Waals surface area contributed by atoms with Crippen LogP contribution >= 0.6 is 46.2 Å². The summed E-state index contributed by atoms with van der Waals surface area (Å²) in [7, 11) is 0. The number of piperidine rings is 1. The lowest BCUT2D eigenvalue weighted by molar-refractivity contribution is -0.183. The second-order valence-electron chi connectivity index (χ2n) is 6.92. The fourth-order valence-corrected chi connectivity index (χ4v) is 4.01. The van der Waals surface area contributed by atoms with Gasteiger partial charge in [-0.05, 0) is 42.7 Å². The standard InChI is InChI=1S/C18H18F3N5OS.2BrH/c19-18(20,21)11-5-6-22-13(7-11)12-4-2-1-3-10(12)8-26-15-14(23-9-24-15)16(27)25-17(26)28;;/h1-4,9,11,13,22H,5-8H2,(H,23,24)(H,25,27,28);2*1H/t11-,13-;;/m1../s1. The molecule has 1 aliphatic heterocycles. The van der Waals surface area contributed by atoms with E-state index in [9.17, 15) is 18.0 Å².